The van der Waals surface area contributed by atoms with Gasteiger partial charge in [-0.3, -0.25) is 4.79 Å². The molecule has 0 aromatic heterocycles. The Kier molecular flexibility index (Phi) is 5.98. The largest absolute Gasteiger partial charge is 0.480 e. The fourth-order valence-electron chi connectivity index (χ4n) is 1.26. The normalized spacial score (nSPS) is 16.6. The van der Waals surface area contributed by atoms with E-state index in [1.807, 2.05) is 13.8 Å². The summed E-state index contributed by atoms with van der Waals surface area (Å²) in [6, 6.07) is -2.06. The van der Waals surface area contributed by atoms with Gasteiger partial charge in [0.05, 0.1) is 12.1 Å². The van der Waals surface area contributed by atoms with E-state index in [0.717, 1.165) is 0 Å². The third-order valence-corrected chi connectivity index (χ3v) is 2.11. The molecule has 0 radical (unpaired) electrons. The number of aliphatic carboxylic acids is 1. The first kappa shape index (κ1) is 14.9. The SMILES string of the molecule is CC(C)C[C@@H](N)C(=O)NC(C(=O)O)C(C)O. The Bertz CT molecular complexity index is 253. The molecule has 0 saturated carbocycles. The summed E-state index contributed by atoms with van der Waals surface area (Å²) in [7, 11) is 0. The van der Waals surface area contributed by atoms with Crippen LogP contribution in [0.3, 0.4) is 0 Å². The van der Waals surface area contributed by atoms with Crippen molar-refractivity contribution in [3.8, 4) is 0 Å². The summed E-state index contributed by atoms with van der Waals surface area (Å²) < 4.78 is 0. The van der Waals surface area contributed by atoms with E-state index in [1.54, 1.807) is 0 Å². The minimum atomic E-state index is -1.31. The van der Waals surface area contributed by atoms with Gasteiger partial charge in [0, 0.05) is 0 Å². The van der Waals surface area contributed by atoms with Crippen LogP contribution in [-0.2, 0) is 9.59 Å². The molecule has 0 spiro atoms. The summed E-state index contributed by atoms with van der Waals surface area (Å²) in [4.78, 5) is 22.2. The highest BCUT2D eigenvalue weighted by atomic mass is 16.4. The quantitative estimate of drug-likeness (QED) is 0.484. The van der Waals surface area contributed by atoms with E-state index in [-0.39, 0.29) is 5.92 Å². The number of carboxylic acids is 1. The van der Waals surface area contributed by atoms with Gasteiger partial charge in [0.1, 0.15) is 0 Å². The molecule has 0 aliphatic heterocycles. The molecular weight excluding hydrogens is 212 g/mol. The molecule has 0 rings (SSSR count). The van der Waals surface area contributed by atoms with Gasteiger partial charge in [-0.15, -0.1) is 0 Å². The molecule has 0 bridgehead atoms. The van der Waals surface area contributed by atoms with Crippen LogP contribution in [0.5, 0.6) is 0 Å². The predicted octanol–water partition coefficient (Wildman–Crippen LogP) is -0.690. The van der Waals surface area contributed by atoms with Crippen molar-refractivity contribution in [2.24, 2.45) is 11.7 Å². The number of hydrogen-bond acceptors (Lipinski definition) is 4. The Labute approximate surface area is 94.8 Å². The molecule has 16 heavy (non-hydrogen) atoms. The molecule has 2 unspecified atom stereocenters. The van der Waals surface area contributed by atoms with Gasteiger partial charge in [0.2, 0.25) is 5.91 Å². The molecular formula is C10H20N2O4. The first-order valence-corrected chi connectivity index (χ1v) is 5.22. The average molecular weight is 232 g/mol. The molecule has 6 nitrogen and oxygen atoms in total. The fraction of sp³-hybridized carbons (Fsp3) is 0.800. The van der Waals surface area contributed by atoms with Crippen molar-refractivity contribution in [2.75, 3.05) is 0 Å². The van der Waals surface area contributed by atoms with Crippen molar-refractivity contribution in [3.05, 3.63) is 0 Å². The highest BCUT2D eigenvalue weighted by Gasteiger charge is 2.27. The van der Waals surface area contributed by atoms with Crippen LogP contribution in [0.15, 0.2) is 0 Å². The first-order valence-electron chi connectivity index (χ1n) is 5.22. The Morgan fingerprint density at radius 3 is 2.12 bits per heavy atom. The number of carbonyl (C=O) groups is 2. The Morgan fingerprint density at radius 1 is 1.31 bits per heavy atom. The maximum absolute atomic E-state index is 11.5. The number of rotatable bonds is 6. The molecule has 5 N–H and O–H groups in total. The van der Waals surface area contributed by atoms with Crippen molar-refractivity contribution in [2.45, 2.75) is 45.4 Å². The molecule has 0 heterocycles. The third kappa shape index (κ3) is 5.09. The fourth-order valence-corrected chi connectivity index (χ4v) is 1.26. The number of aliphatic hydroxyl groups is 1. The zero-order valence-corrected chi connectivity index (χ0v) is 9.80. The van der Waals surface area contributed by atoms with Crippen LogP contribution in [0.25, 0.3) is 0 Å². The monoisotopic (exact) mass is 232 g/mol. The standard InChI is InChI=1S/C10H20N2O4/c1-5(2)4-7(11)9(14)12-8(6(3)13)10(15)16/h5-8,13H,4,11H2,1-3H3,(H,12,14)(H,15,16)/t6?,7-,8?/m1/s1. The van der Waals surface area contributed by atoms with Gasteiger partial charge in [-0.1, -0.05) is 13.8 Å². The topological polar surface area (TPSA) is 113 Å². The highest BCUT2D eigenvalue weighted by molar-refractivity contribution is 5.87. The predicted molar refractivity (Wildman–Crippen MR) is 58.7 cm³/mol. The van der Waals surface area contributed by atoms with Gasteiger partial charge in [-0.05, 0) is 19.3 Å². The van der Waals surface area contributed by atoms with E-state index in [0.29, 0.717) is 6.42 Å². The van der Waals surface area contributed by atoms with E-state index >= 15 is 0 Å². The van der Waals surface area contributed by atoms with Crippen molar-refractivity contribution in [3.63, 3.8) is 0 Å². The van der Waals surface area contributed by atoms with Crippen LogP contribution in [-0.4, -0.2) is 40.3 Å². The third-order valence-electron chi connectivity index (χ3n) is 2.11. The number of carbonyl (C=O) groups excluding carboxylic acids is 1. The van der Waals surface area contributed by atoms with Crippen molar-refractivity contribution < 1.29 is 19.8 Å². The molecule has 0 aliphatic carbocycles. The lowest BCUT2D eigenvalue weighted by atomic mass is 10.0. The molecule has 0 aromatic rings. The van der Waals surface area contributed by atoms with Crippen molar-refractivity contribution in [1.82, 2.24) is 5.32 Å². The average Bonchev–Trinajstić information content (AvgIpc) is 2.11. The minimum Gasteiger partial charge on any atom is -0.480 e. The maximum atomic E-state index is 11.5. The van der Waals surface area contributed by atoms with Crippen LogP contribution in [0, 0.1) is 5.92 Å². The lowest BCUT2D eigenvalue weighted by molar-refractivity contribution is -0.145. The number of carboxylic acid groups (broad SMARTS) is 1. The molecule has 3 atom stereocenters. The summed E-state index contributed by atoms with van der Waals surface area (Å²) in [5.74, 6) is -1.59. The van der Waals surface area contributed by atoms with Crippen molar-refractivity contribution >= 4 is 11.9 Å². The Balaban J connectivity index is 4.35. The number of nitrogens with one attached hydrogen (secondary N) is 1. The van der Waals surface area contributed by atoms with Crippen LogP contribution in [0.4, 0.5) is 0 Å². The Hall–Kier alpha value is -1.14. The van der Waals surface area contributed by atoms with Crippen LogP contribution in [0.1, 0.15) is 27.2 Å². The molecule has 0 aliphatic rings. The minimum absolute atomic E-state index is 0.246. The molecule has 0 fully saturated rings. The van der Waals surface area contributed by atoms with Crippen LogP contribution < -0.4 is 11.1 Å². The van der Waals surface area contributed by atoms with Gasteiger partial charge in [-0.25, -0.2) is 4.79 Å². The van der Waals surface area contributed by atoms with Crippen molar-refractivity contribution in [1.29, 1.82) is 0 Å². The van der Waals surface area contributed by atoms with E-state index in [4.69, 9.17) is 15.9 Å². The number of nitrogens with two attached hydrogens (primary N) is 1. The van der Waals surface area contributed by atoms with E-state index in [9.17, 15) is 9.59 Å². The van der Waals surface area contributed by atoms with E-state index in [1.165, 1.54) is 6.92 Å². The smallest absolute Gasteiger partial charge is 0.328 e. The summed E-state index contributed by atoms with van der Waals surface area (Å²) in [5.41, 5.74) is 5.58. The summed E-state index contributed by atoms with van der Waals surface area (Å²) >= 11 is 0. The van der Waals surface area contributed by atoms with Gasteiger partial charge >= 0.3 is 5.97 Å². The second-order valence-electron chi connectivity index (χ2n) is 4.30. The first-order chi connectivity index (χ1) is 7.25. The lowest BCUT2D eigenvalue weighted by Gasteiger charge is -2.20. The summed E-state index contributed by atoms with van der Waals surface area (Å²) in [6.45, 7) is 5.13. The van der Waals surface area contributed by atoms with Gasteiger partial charge < -0.3 is 21.3 Å². The molecule has 0 aromatic carbocycles. The highest BCUT2D eigenvalue weighted by Crippen LogP contribution is 2.03. The molecule has 6 heteroatoms. The second kappa shape index (κ2) is 6.44. The maximum Gasteiger partial charge on any atom is 0.328 e. The lowest BCUT2D eigenvalue weighted by Crippen LogP contribution is -2.52. The summed E-state index contributed by atoms with van der Waals surface area (Å²) in [5, 5.41) is 20.1. The molecule has 1 amide bonds. The van der Waals surface area contributed by atoms with E-state index < -0.39 is 30.1 Å². The van der Waals surface area contributed by atoms with Gasteiger partial charge in [0.15, 0.2) is 6.04 Å². The van der Waals surface area contributed by atoms with Gasteiger partial charge in [0.25, 0.3) is 0 Å². The molecule has 0 saturated heterocycles. The second-order valence-corrected chi connectivity index (χ2v) is 4.30. The van der Waals surface area contributed by atoms with Gasteiger partial charge in [-0.2, -0.15) is 0 Å². The zero-order chi connectivity index (χ0) is 12.9. The van der Waals surface area contributed by atoms with E-state index in [2.05, 4.69) is 5.32 Å². The van der Waals surface area contributed by atoms with Crippen LogP contribution in [0.2, 0.25) is 0 Å². The Morgan fingerprint density at radius 2 is 1.81 bits per heavy atom. The molecule has 94 valence electrons. The zero-order valence-electron chi connectivity index (χ0n) is 9.80. The van der Waals surface area contributed by atoms with Crippen LogP contribution >= 0.6 is 0 Å². The number of amides is 1. The number of hydrogen-bond donors (Lipinski definition) is 4. The number of aliphatic hydroxyl groups excluding tert-OH is 1. The summed E-state index contributed by atoms with van der Waals surface area (Å²) in [6.07, 6.45) is -0.689.